The first-order valence-corrected chi connectivity index (χ1v) is 11.9. The number of morpholine rings is 1. The van der Waals surface area contributed by atoms with E-state index in [1.807, 2.05) is 0 Å². The van der Waals surface area contributed by atoms with Crippen LogP contribution in [0.4, 0.5) is 9.59 Å². The third-order valence-corrected chi connectivity index (χ3v) is 6.28. The van der Waals surface area contributed by atoms with Gasteiger partial charge in [-0.1, -0.05) is 0 Å². The highest BCUT2D eigenvalue weighted by Gasteiger charge is 2.37. The SMILES string of the molecule is CC(C)(C)OC(=O)N(CC(=O)N1CCC[C@H]1C#N)C1CCC(OC(=O)N2CCOCC2)CC1. The van der Waals surface area contributed by atoms with Gasteiger partial charge in [-0.25, -0.2) is 9.59 Å². The number of hydrogen-bond donors (Lipinski definition) is 0. The average molecular weight is 465 g/mol. The molecule has 2 heterocycles. The number of carbonyl (C=O) groups is 3. The second kappa shape index (κ2) is 11.1. The standard InChI is InChI=1S/C23H36N4O6/c1-23(2,3)33-22(30)27(16-20(28)26-10-4-5-18(26)15-24)17-6-8-19(9-7-17)32-21(29)25-11-13-31-14-12-25/h17-19H,4-14,16H2,1-3H3/t17?,18-,19?/m0/s1. The van der Waals surface area contributed by atoms with Gasteiger partial charge in [0.15, 0.2) is 0 Å². The van der Waals surface area contributed by atoms with Crippen molar-refractivity contribution in [2.75, 3.05) is 39.4 Å². The molecule has 0 aromatic rings. The Hall–Kier alpha value is -2.54. The van der Waals surface area contributed by atoms with Gasteiger partial charge in [0, 0.05) is 25.7 Å². The van der Waals surface area contributed by atoms with E-state index >= 15 is 0 Å². The van der Waals surface area contributed by atoms with Gasteiger partial charge in [-0.2, -0.15) is 5.26 Å². The molecule has 10 heteroatoms. The fourth-order valence-corrected chi connectivity index (χ4v) is 4.54. The van der Waals surface area contributed by atoms with Crippen LogP contribution in [0.15, 0.2) is 0 Å². The molecular weight excluding hydrogens is 428 g/mol. The van der Waals surface area contributed by atoms with Crippen molar-refractivity contribution in [3.8, 4) is 6.07 Å². The predicted molar refractivity (Wildman–Crippen MR) is 118 cm³/mol. The lowest BCUT2D eigenvalue weighted by atomic mass is 9.92. The number of amides is 3. The van der Waals surface area contributed by atoms with E-state index in [1.54, 1.807) is 30.6 Å². The molecule has 10 nitrogen and oxygen atoms in total. The van der Waals surface area contributed by atoms with Crippen molar-refractivity contribution < 1.29 is 28.6 Å². The molecule has 0 radical (unpaired) electrons. The van der Waals surface area contributed by atoms with Crippen LogP contribution in [0.1, 0.15) is 59.3 Å². The summed E-state index contributed by atoms with van der Waals surface area (Å²) in [6, 6.07) is 1.55. The first-order valence-electron chi connectivity index (χ1n) is 11.9. The third kappa shape index (κ3) is 6.97. The van der Waals surface area contributed by atoms with E-state index < -0.39 is 17.7 Å². The smallest absolute Gasteiger partial charge is 0.411 e. The number of rotatable bonds is 4. The zero-order chi connectivity index (χ0) is 24.0. The summed E-state index contributed by atoms with van der Waals surface area (Å²) in [7, 11) is 0. The fourth-order valence-electron chi connectivity index (χ4n) is 4.54. The minimum absolute atomic E-state index is 0.115. The summed E-state index contributed by atoms with van der Waals surface area (Å²) in [5.74, 6) is -0.231. The lowest BCUT2D eigenvalue weighted by molar-refractivity contribution is -0.133. The summed E-state index contributed by atoms with van der Waals surface area (Å²) in [6.45, 7) is 7.89. The largest absolute Gasteiger partial charge is 0.446 e. The molecule has 0 aromatic heterocycles. The summed E-state index contributed by atoms with van der Waals surface area (Å²) in [5, 5.41) is 9.32. The Balaban J connectivity index is 1.59. The summed E-state index contributed by atoms with van der Waals surface area (Å²) in [5.41, 5.74) is -0.688. The number of nitriles is 1. The van der Waals surface area contributed by atoms with Gasteiger partial charge in [-0.15, -0.1) is 0 Å². The Labute approximate surface area is 195 Å². The van der Waals surface area contributed by atoms with Gasteiger partial charge in [0.25, 0.3) is 0 Å². The van der Waals surface area contributed by atoms with Crippen molar-refractivity contribution in [2.24, 2.45) is 0 Å². The molecule has 3 rings (SSSR count). The van der Waals surface area contributed by atoms with Gasteiger partial charge >= 0.3 is 12.2 Å². The first-order chi connectivity index (χ1) is 15.7. The van der Waals surface area contributed by atoms with Crippen LogP contribution in [0.25, 0.3) is 0 Å². The molecule has 0 bridgehead atoms. The van der Waals surface area contributed by atoms with Gasteiger partial charge in [0.05, 0.1) is 19.3 Å². The van der Waals surface area contributed by atoms with Crippen LogP contribution in [0.2, 0.25) is 0 Å². The molecule has 2 saturated heterocycles. The Morgan fingerprint density at radius 2 is 1.73 bits per heavy atom. The average Bonchev–Trinajstić information content (AvgIpc) is 3.26. The van der Waals surface area contributed by atoms with E-state index in [1.165, 1.54) is 4.90 Å². The van der Waals surface area contributed by atoms with Crippen molar-refractivity contribution in [3.63, 3.8) is 0 Å². The molecule has 3 amide bonds. The summed E-state index contributed by atoms with van der Waals surface area (Å²) in [4.78, 5) is 43.1. The lowest BCUT2D eigenvalue weighted by Gasteiger charge is -2.38. The highest BCUT2D eigenvalue weighted by Crippen LogP contribution is 2.28. The van der Waals surface area contributed by atoms with Crippen LogP contribution in [-0.2, 0) is 19.0 Å². The summed E-state index contributed by atoms with van der Waals surface area (Å²) < 4.78 is 16.5. The molecule has 1 saturated carbocycles. The Bertz CT molecular complexity index is 747. The topological polar surface area (TPSA) is 112 Å². The number of nitrogens with zero attached hydrogens (tertiary/aromatic N) is 4. The maximum atomic E-state index is 13.0. The number of carbonyl (C=O) groups excluding carboxylic acids is 3. The van der Waals surface area contributed by atoms with Crippen molar-refractivity contribution in [1.29, 1.82) is 5.26 Å². The van der Waals surface area contributed by atoms with Crippen LogP contribution >= 0.6 is 0 Å². The molecule has 0 N–H and O–H groups in total. The van der Waals surface area contributed by atoms with Gasteiger partial charge in [-0.05, 0) is 59.3 Å². The Kier molecular flexibility index (Phi) is 8.40. The van der Waals surface area contributed by atoms with E-state index in [0.717, 1.165) is 6.42 Å². The molecule has 184 valence electrons. The van der Waals surface area contributed by atoms with Gasteiger partial charge in [-0.3, -0.25) is 9.69 Å². The van der Waals surface area contributed by atoms with Gasteiger partial charge in [0.2, 0.25) is 5.91 Å². The Morgan fingerprint density at radius 1 is 1.06 bits per heavy atom. The van der Waals surface area contributed by atoms with Crippen LogP contribution in [-0.4, -0.2) is 96.0 Å². The minimum atomic E-state index is -0.688. The van der Waals surface area contributed by atoms with E-state index in [9.17, 15) is 19.6 Å². The van der Waals surface area contributed by atoms with E-state index in [-0.39, 0.29) is 30.7 Å². The highest BCUT2D eigenvalue weighted by molar-refractivity contribution is 5.83. The van der Waals surface area contributed by atoms with E-state index in [2.05, 4.69) is 6.07 Å². The molecule has 2 aliphatic heterocycles. The molecule has 1 aliphatic carbocycles. The zero-order valence-electron chi connectivity index (χ0n) is 20.0. The van der Waals surface area contributed by atoms with Gasteiger partial charge in [0.1, 0.15) is 24.3 Å². The normalized spacial score (nSPS) is 25.8. The third-order valence-electron chi connectivity index (χ3n) is 6.28. The van der Waals surface area contributed by atoms with Crippen molar-refractivity contribution in [3.05, 3.63) is 0 Å². The predicted octanol–water partition coefficient (Wildman–Crippen LogP) is 2.52. The summed E-state index contributed by atoms with van der Waals surface area (Å²) >= 11 is 0. The molecule has 0 unspecified atom stereocenters. The molecule has 3 aliphatic rings. The van der Waals surface area contributed by atoms with Gasteiger partial charge < -0.3 is 24.0 Å². The maximum Gasteiger partial charge on any atom is 0.411 e. The Morgan fingerprint density at radius 3 is 2.33 bits per heavy atom. The van der Waals surface area contributed by atoms with Crippen molar-refractivity contribution in [1.82, 2.24) is 14.7 Å². The van der Waals surface area contributed by atoms with Crippen LogP contribution in [0, 0.1) is 11.3 Å². The van der Waals surface area contributed by atoms with E-state index in [0.29, 0.717) is 65.0 Å². The first kappa shape index (κ1) is 25.1. The van der Waals surface area contributed by atoms with Crippen LogP contribution < -0.4 is 0 Å². The second-order valence-electron chi connectivity index (χ2n) is 9.90. The zero-order valence-corrected chi connectivity index (χ0v) is 20.0. The summed E-state index contributed by atoms with van der Waals surface area (Å²) in [6.07, 6.45) is 2.82. The molecule has 33 heavy (non-hydrogen) atoms. The van der Waals surface area contributed by atoms with E-state index in [4.69, 9.17) is 14.2 Å². The van der Waals surface area contributed by atoms with Crippen LogP contribution in [0.3, 0.4) is 0 Å². The van der Waals surface area contributed by atoms with Crippen molar-refractivity contribution >= 4 is 18.1 Å². The lowest BCUT2D eigenvalue weighted by Crippen LogP contribution is -2.51. The molecule has 1 atom stereocenters. The molecule has 0 aromatic carbocycles. The quantitative estimate of drug-likeness (QED) is 0.628. The van der Waals surface area contributed by atoms with Crippen molar-refractivity contribution in [2.45, 2.75) is 83.1 Å². The monoisotopic (exact) mass is 464 g/mol. The van der Waals surface area contributed by atoms with Crippen LogP contribution in [0.5, 0.6) is 0 Å². The molecule has 3 fully saturated rings. The second-order valence-corrected chi connectivity index (χ2v) is 9.90. The maximum absolute atomic E-state index is 13.0. The number of ether oxygens (including phenoxy) is 3. The number of hydrogen-bond acceptors (Lipinski definition) is 7. The minimum Gasteiger partial charge on any atom is -0.446 e. The number of likely N-dealkylation sites (tertiary alicyclic amines) is 1. The fraction of sp³-hybridized carbons (Fsp3) is 0.826. The molecule has 0 spiro atoms. The highest BCUT2D eigenvalue weighted by atomic mass is 16.6. The molecular formula is C23H36N4O6.